The van der Waals surface area contributed by atoms with Crippen molar-refractivity contribution in [2.45, 2.75) is 44.1 Å². The second kappa shape index (κ2) is 7.61. The van der Waals surface area contributed by atoms with Crippen molar-refractivity contribution < 1.29 is 18.8 Å². The molecule has 1 saturated heterocycles. The third-order valence-electron chi connectivity index (χ3n) is 5.10. The van der Waals surface area contributed by atoms with Gasteiger partial charge in [-0.1, -0.05) is 43.0 Å². The first kappa shape index (κ1) is 18.6. The van der Waals surface area contributed by atoms with E-state index in [0.29, 0.717) is 18.4 Å². The summed E-state index contributed by atoms with van der Waals surface area (Å²) in [5, 5.41) is 7.63. The van der Waals surface area contributed by atoms with E-state index in [0.717, 1.165) is 19.3 Å². The zero-order valence-electron chi connectivity index (χ0n) is 14.2. The number of amides is 4. The van der Waals surface area contributed by atoms with E-state index < -0.39 is 29.2 Å². The zero-order chi connectivity index (χ0) is 18.7. The van der Waals surface area contributed by atoms with Crippen LogP contribution in [0.4, 0.5) is 9.18 Å². The van der Waals surface area contributed by atoms with Gasteiger partial charge >= 0.3 is 6.03 Å². The van der Waals surface area contributed by atoms with Gasteiger partial charge in [-0.2, -0.15) is 0 Å². The largest absolute Gasteiger partial charge is 0.346 e. The lowest BCUT2D eigenvalue weighted by atomic mass is 9.76. The second-order valence-corrected chi connectivity index (χ2v) is 7.30. The van der Waals surface area contributed by atoms with Gasteiger partial charge in [0.05, 0.1) is 16.5 Å². The Labute approximate surface area is 155 Å². The summed E-state index contributed by atoms with van der Waals surface area (Å²) in [6.07, 6.45) is 3.82. The molecule has 140 valence electrons. The van der Waals surface area contributed by atoms with Gasteiger partial charge in [-0.3, -0.25) is 14.9 Å². The van der Waals surface area contributed by atoms with Crippen LogP contribution >= 0.6 is 11.6 Å². The number of benzene rings is 1. The Morgan fingerprint density at radius 3 is 2.69 bits per heavy atom. The maximum atomic E-state index is 14.7. The summed E-state index contributed by atoms with van der Waals surface area (Å²) >= 11 is 5.95. The molecule has 2 fully saturated rings. The molecule has 6 nitrogen and oxygen atoms in total. The normalized spacial score (nSPS) is 22.8. The van der Waals surface area contributed by atoms with Crippen molar-refractivity contribution in [3.8, 4) is 0 Å². The van der Waals surface area contributed by atoms with E-state index in [1.54, 1.807) is 12.1 Å². The van der Waals surface area contributed by atoms with E-state index in [-0.39, 0.29) is 23.9 Å². The fraction of sp³-hybridized carbons (Fsp3) is 0.500. The van der Waals surface area contributed by atoms with Gasteiger partial charge in [0.25, 0.3) is 0 Å². The lowest BCUT2D eigenvalue weighted by molar-refractivity contribution is -0.131. The van der Waals surface area contributed by atoms with E-state index in [9.17, 15) is 18.8 Å². The molecule has 0 spiro atoms. The molecular formula is C18H21ClFN3O3. The molecule has 0 unspecified atom stereocenters. The number of carbonyl (C=O) groups is 3. The van der Waals surface area contributed by atoms with Crippen LogP contribution in [0.2, 0.25) is 5.02 Å². The molecule has 0 radical (unpaired) electrons. The predicted octanol–water partition coefficient (Wildman–Crippen LogP) is 2.60. The number of hydrogen-bond acceptors (Lipinski definition) is 3. The van der Waals surface area contributed by atoms with Gasteiger partial charge in [-0.25, -0.2) is 9.18 Å². The van der Waals surface area contributed by atoms with Crippen molar-refractivity contribution in [3.05, 3.63) is 34.6 Å². The van der Waals surface area contributed by atoms with Crippen LogP contribution in [0.3, 0.4) is 0 Å². The van der Waals surface area contributed by atoms with Crippen molar-refractivity contribution in [3.63, 3.8) is 0 Å². The van der Waals surface area contributed by atoms with E-state index in [4.69, 9.17) is 11.6 Å². The predicted molar refractivity (Wildman–Crippen MR) is 94.0 cm³/mol. The van der Waals surface area contributed by atoms with Gasteiger partial charge in [0.2, 0.25) is 11.8 Å². The molecule has 4 amide bonds. The fourth-order valence-electron chi connectivity index (χ4n) is 3.75. The molecule has 1 saturated carbocycles. The van der Waals surface area contributed by atoms with Crippen molar-refractivity contribution in [1.82, 2.24) is 16.0 Å². The number of halogens is 2. The molecule has 1 atom stereocenters. The molecule has 3 rings (SSSR count). The van der Waals surface area contributed by atoms with Gasteiger partial charge in [-0.15, -0.1) is 0 Å². The maximum Gasteiger partial charge on any atom is 0.321 e. The summed E-state index contributed by atoms with van der Waals surface area (Å²) in [6, 6.07) is 4.18. The number of carbonyl (C=O) groups excluding carboxylic acids is 3. The number of nitrogens with one attached hydrogen (secondary N) is 3. The first-order chi connectivity index (χ1) is 12.4. The Morgan fingerprint density at radius 2 is 1.96 bits per heavy atom. The van der Waals surface area contributed by atoms with Gasteiger partial charge < -0.3 is 10.6 Å². The van der Waals surface area contributed by atoms with Crippen molar-refractivity contribution in [1.29, 1.82) is 0 Å². The third kappa shape index (κ3) is 3.82. The first-order valence-corrected chi connectivity index (χ1v) is 9.13. The van der Waals surface area contributed by atoms with E-state index in [1.807, 2.05) is 0 Å². The topological polar surface area (TPSA) is 87.3 Å². The maximum absolute atomic E-state index is 14.7. The fourth-order valence-corrected chi connectivity index (χ4v) is 3.92. The highest BCUT2D eigenvalue weighted by molar-refractivity contribution is 6.30. The van der Waals surface area contributed by atoms with Crippen LogP contribution in [0.5, 0.6) is 0 Å². The summed E-state index contributed by atoms with van der Waals surface area (Å²) in [5.41, 5.74) is -0.475. The summed E-state index contributed by atoms with van der Waals surface area (Å²) in [5.74, 6) is -2.11. The highest BCUT2D eigenvalue weighted by Gasteiger charge is 2.40. The van der Waals surface area contributed by atoms with Crippen LogP contribution in [0.25, 0.3) is 0 Å². The molecule has 0 aromatic heterocycles. The zero-order valence-corrected chi connectivity index (χ0v) is 15.0. The molecule has 1 heterocycles. The molecule has 1 aromatic rings. The highest BCUT2D eigenvalue weighted by Crippen LogP contribution is 2.40. The third-order valence-corrected chi connectivity index (χ3v) is 5.39. The monoisotopic (exact) mass is 381 g/mol. The molecule has 2 aliphatic rings. The summed E-state index contributed by atoms with van der Waals surface area (Å²) in [6.45, 7) is 0.0531. The molecule has 0 bridgehead atoms. The summed E-state index contributed by atoms with van der Waals surface area (Å²) in [7, 11) is 0. The Hall–Kier alpha value is -2.15. The number of hydrogen-bond donors (Lipinski definition) is 3. The minimum atomic E-state index is -0.850. The van der Waals surface area contributed by atoms with Gasteiger partial charge in [0, 0.05) is 18.5 Å². The highest BCUT2D eigenvalue weighted by atomic mass is 35.5. The lowest BCUT2D eigenvalue weighted by Crippen LogP contribution is -2.51. The van der Waals surface area contributed by atoms with E-state index in [1.165, 1.54) is 6.07 Å². The van der Waals surface area contributed by atoms with Crippen LogP contribution in [-0.4, -0.2) is 24.4 Å². The number of imide groups is 1. The molecule has 1 aromatic carbocycles. The van der Waals surface area contributed by atoms with Gasteiger partial charge in [-0.05, 0) is 18.9 Å². The quantitative estimate of drug-likeness (QED) is 0.752. The van der Waals surface area contributed by atoms with E-state index >= 15 is 0 Å². The minimum absolute atomic E-state index is 0.0165. The molecule has 1 aliphatic carbocycles. The molecule has 1 aliphatic heterocycles. The number of rotatable bonds is 3. The smallest absolute Gasteiger partial charge is 0.321 e. The summed E-state index contributed by atoms with van der Waals surface area (Å²) in [4.78, 5) is 35.9. The lowest BCUT2D eigenvalue weighted by Gasteiger charge is -2.39. The van der Waals surface area contributed by atoms with E-state index in [2.05, 4.69) is 16.0 Å². The molecule has 26 heavy (non-hydrogen) atoms. The van der Waals surface area contributed by atoms with Crippen LogP contribution in [0, 0.1) is 11.7 Å². The Kier molecular flexibility index (Phi) is 5.46. The number of urea groups is 1. The van der Waals surface area contributed by atoms with Crippen LogP contribution in [-0.2, 0) is 15.1 Å². The Bertz CT molecular complexity index is 734. The van der Waals surface area contributed by atoms with Crippen LogP contribution in [0.1, 0.15) is 44.1 Å². The minimum Gasteiger partial charge on any atom is -0.346 e. The average Bonchev–Trinajstić information content (AvgIpc) is 2.78. The molecule has 3 N–H and O–H groups in total. The molecular weight excluding hydrogens is 361 g/mol. The Balaban J connectivity index is 1.87. The van der Waals surface area contributed by atoms with Gasteiger partial charge in [0.1, 0.15) is 5.82 Å². The second-order valence-electron chi connectivity index (χ2n) is 6.89. The molecule has 8 heteroatoms. The Morgan fingerprint density at radius 1 is 1.23 bits per heavy atom. The standard InChI is InChI=1S/C18H21ClFN3O3/c19-13-6-4-5-12(15(13)20)18(7-2-1-3-8-18)23-16(25)11-9-14(24)22-17(26)21-10-11/h4-6,11H,1-3,7-10H2,(H,23,25)(H2,21,22,24,26)/t11-/m0/s1. The van der Waals surface area contributed by atoms with Crippen LogP contribution < -0.4 is 16.0 Å². The summed E-state index contributed by atoms with van der Waals surface area (Å²) < 4.78 is 14.7. The van der Waals surface area contributed by atoms with Crippen molar-refractivity contribution in [2.24, 2.45) is 5.92 Å². The average molecular weight is 382 g/mol. The first-order valence-electron chi connectivity index (χ1n) is 8.75. The van der Waals surface area contributed by atoms with Crippen molar-refractivity contribution >= 4 is 29.4 Å². The van der Waals surface area contributed by atoms with Crippen molar-refractivity contribution in [2.75, 3.05) is 6.54 Å². The van der Waals surface area contributed by atoms with Gasteiger partial charge in [0.15, 0.2) is 0 Å². The SMILES string of the molecule is O=C1C[C@H](C(=O)NC2(c3cccc(Cl)c3F)CCCCC2)CNC(=O)N1. The van der Waals surface area contributed by atoms with Crippen LogP contribution in [0.15, 0.2) is 18.2 Å².